The average Bonchev–Trinajstić information content (AvgIpc) is 2.51. The van der Waals surface area contributed by atoms with E-state index >= 15 is 0 Å². The minimum atomic E-state index is -0.216. The molecule has 120 valence electrons. The van der Waals surface area contributed by atoms with Gasteiger partial charge in [0.25, 0.3) is 0 Å². The zero-order chi connectivity index (χ0) is 16.4. The van der Waals surface area contributed by atoms with Crippen molar-refractivity contribution in [3.63, 3.8) is 0 Å². The second kappa shape index (κ2) is 6.62. The predicted molar refractivity (Wildman–Crippen MR) is 99.4 cm³/mol. The van der Waals surface area contributed by atoms with Crippen molar-refractivity contribution in [1.29, 1.82) is 0 Å². The summed E-state index contributed by atoms with van der Waals surface area (Å²) in [5.74, 6) is 0. The van der Waals surface area contributed by atoms with Gasteiger partial charge in [0, 0.05) is 5.41 Å². The monoisotopic (exact) mass is 316 g/mol. The van der Waals surface area contributed by atoms with Crippen molar-refractivity contribution in [2.24, 2.45) is 5.41 Å². The summed E-state index contributed by atoms with van der Waals surface area (Å²) in [4.78, 5) is -0.216. The van der Waals surface area contributed by atoms with E-state index in [1.807, 2.05) is 0 Å². The highest BCUT2D eigenvalue weighted by Gasteiger charge is 2.43. The van der Waals surface area contributed by atoms with Gasteiger partial charge in [-0.15, -0.1) is 11.6 Å². The van der Waals surface area contributed by atoms with Crippen LogP contribution in [0.25, 0.3) is 5.57 Å². The molecule has 1 heteroatoms. The van der Waals surface area contributed by atoms with E-state index in [0.717, 1.165) is 25.7 Å². The molecule has 0 fully saturated rings. The topological polar surface area (TPSA) is 0 Å². The Morgan fingerprint density at radius 3 is 2.23 bits per heavy atom. The molecule has 1 atom stereocenters. The summed E-state index contributed by atoms with van der Waals surface area (Å²) in [6.07, 6.45) is 8.74. The van der Waals surface area contributed by atoms with Crippen LogP contribution in [0.4, 0.5) is 0 Å². The average molecular weight is 317 g/mol. The van der Waals surface area contributed by atoms with E-state index in [9.17, 15) is 0 Å². The van der Waals surface area contributed by atoms with Crippen LogP contribution in [0.3, 0.4) is 0 Å². The number of hydrogen-bond acceptors (Lipinski definition) is 0. The van der Waals surface area contributed by atoms with Crippen molar-refractivity contribution in [3.8, 4) is 0 Å². The highest BCUT2D eigenvalue weighted by atomic mass is 35.5. The molecule has 22 heavy (non-hydrogen) atoms. The molecule has 0 saturated carbocycles. The first-order valence-corrected chi connectivity index (χ1v) is 8.96. The molecule has 1 unspecified atom stereocenters. The molecule has 0 aliphatic heterocycles. The zero-order valence-corrected chi connectivity index (χ0v) is 15.4. The third-order valence-corrected chi connectivity index (χ3v) is 5.73. The molecule has 1 aliphatic carbocycles. The summed E-state index contributed by atoms with van der Waals surface area (Å²) in [7, 11) is 0. The molecular formula is C21H29Cl. The maximum atomic E-state index is 6.98. The number of hydrogen-bond donors (Lipinski definition) is 0. The largest absolute Gasteiger partial charge is 0.114 e. The lowest BCUT2D eigenvalue weighted by molar-refractivity contribution is 0.470. The van der Waals surface area contributed by atoms with Gasteiger partial charge >= 0.3 is 0 Å². The fourth-order valence-corrected chi connectivity index (χ4v) is 4.10. The van der Waals surface area contributed by atoms with Crippen molar-refractivity contribution in [1.82, 2.24) is 0 Å². The van der Waals surface area contributed by atoms with Crippen molar-refractivity contribution in [3.05, 3.63) is 53.1 Å². The van der Waals surface area contributed by atoms with Gasteiger partial charge in [-0.1, -0.05) is 71.0 Å². The van der Waals surface area contributed by atoms with E-state index in [1.54, 1.807) is 0 Å². The Hall–Kier alpha value is -1.01. The Bertz CT molecular complexity index is 574. The van der Waals surface area contributed by atoms with Gasteiger partial charge in [-0.2, -0.15) is 0 Å². The zero-order valence-electron chi connectivity index (χ0n) is 14.7. The second-order valence-electron chi connectivity index (χ2n) is 6.84. The Morgan fingerprint density at radius 2 is 1.73 bits per heavy atom. The van der Waals surface area contributed by atoms with Gasteiger partial charge in [-0.25, -0.2) is 0 Å². The van der Waals surface area contributed by atoms with Gasteiger partial charge in [0.2, 0.25) is 0 Å². The standard InChI is InChI=1S/C21H29Cl/c1-6-9-19-20(4,5)18(14-15-21(19,22)8-3)17-12-10-16(7-2)11-13-17/h9-14H,6-8,15H2,1-5H3/b19-9-. The van der Waals surface area contributed by atoms with Gasteiger partial charge in [0.1, 0.15) is 0 Å². The Morgan fingerprint density at radius 1 is 1.09 bits per heavy atom. The van der Waals surface area contributed by atoms with E-state index in [-0.39, 0.29) is 10.3 Å². The highest BCUT2D eigenvalue weighted by molar-refractivity contribution is 6.26. The van der Waals surface area contributed by atoms with Gasteiger partial charge in [0.05, 0.1) is 4.87 Å². The predicted octanol–water partition coefficient (Wildman–Crippen LogP) is 6.79. The molecule has 1 aromatic rings. The molecule has 1 aromatic carbocycles. The number of allylic oxidation sites excluding steroid dienone is 4. The van der Waals surface area contributed by atoms with Crippen LogP contribution in [0.1, 0.15) is 65.0 Å². The smallest absolute Gasteiger partial charge is 0.0695 e. The first-order chi connectivity index (χ1) is 10.4. The van der Waals surface area contributed by atoms with E-state index in [4.69, 9.17) is 11.6 Å². The summed E-state index contributed by atoms with van der Waals surface area (Å²) in [5.41, 5.74) is 5.52. The van der Waals surface area contributed by atoms with Crippen LogP contribution >= 0.6 is 11.6 Å². The molecule has 0 N–H and O–H groups in total. The lowest BCUT2D eigenvalue weighted by atomic mass is 9.64. The maximum Gasteiger partial charge on any atom is 0.0695 e. The fourth-order valence-electron chi connectivity index (χ4n) is 3.71. The van der Waals surface area contributed by atoms with E-state index in [1.165, 1.54) is 22.3 Å². The van der Waals surface area contributed by atoms with Crippen LogP contribution < -0.4 is 0 Å². The summed E-state index contributed by atoms with van der Waals surface area (Å²) in [5, 5.41) is 0. The number of alkyl halides is 1. The second-order valence-corrected chi connectivity index (χ2v) is 7.57. The minimum Gasteiger partial charge on any atom is -0.114 e. The van der Waals surface area contributed by atoms with Gasteiger partial charge in [-0.05, 0) is 48.0 Å². The molecule has 0 amide bonds. The lowest BCUT2D eigenvalue weighted by Crippen LogP contribution is -2.36. The molecular weight excluding hydrogens is 288 g/mol. The summed E-state index contributed by atoms with van der Waals surface area (Å²) < 4.78 is 0. The van der Waals surface area contributed by atoms with Crippen molar-refractivity contribution in [2.45, 2.75) is 65.2 Å². The summed E-state index contributed by atoms with van der Waals surface area (Å²) in [6, 6.07) is 9.03. The van der Waals surface area contributed by atoms with E-state index < -0.39 is 0 Å². The third kappa shape index (κ3) is 3.04. The first kappa shape index (κ1) is 17.3. The van der Waals surface area contributed by atoms with Crippen LogP contribution in [0, 0.1) is 5.41 Å². The van der Waals surface area contributed by atoms with Crippen LogP contribution in [0.2, 0.25) is 0 Å². The molecule has 0 bridgehead atoms. The quantitative estimate of drug-likeness (QED) is 0.424. The fraction of sp³-hybridized carbons (Fsp3) is 0.524. The normalized spacial score (nSPS) is 26.1. The number of rotatable bonds is 4. The Balaban J connectivity index is 2.50. The molecule has 0 radical (unpaired) electrons. The van der Waals surface area contributed by atoms with Crippen molar-refractivity contribution in [2.75, 3.05) is 0 Å². The summed E-state index contributed by atoms with van der Waals surface area (Å²) in [6.45, 7) is 11.2. The van der Waals surface area contributed by atoms with Crippen LogP contribution in [0.15, 0.2) is 42.0 Å². The Labute approximate surface area is 141 Å². The van der Waals surface area contributed by atoms with E-state index in [2.05, 4.69) is 71.0 Å². The van der Waals surface area contributed by atoms with Crippen molar-refractivity contribution < 1.29 is 0 Å². The molecule has 0 spiro atoms. The van der Waals surface area contributed by atoms with Gasteiger partial charge < -0.3 is 0 Å². The number of aryl methyl sites for hydroxylation is 1. The number of benzene rings is 1. The Kier molecular flexibility index (Phi) is 5.22. The minimum absolute atomic E-state index is 0.0141. The SMILES string of the molecule is CC/C=C1\C(Cl)(CC)CC=C(c2ccc(CC)cc2)C1(C)C. The first-order valence-electron chi connectivity index (χ1n) is 8.59. The van der Waals surface area contributed by atoms with Gasteiger partial charge in [0.15, 0.2) is 0 Å². The van der Waals surface area contributed by atoms with E-state index in [0.29, 0.717) is 0 Å². The third-order valence-electron chi connectivity index (χ3n) is 5.10. The maximum absolute atomic E-state index is 6.98. The van der Waals surface area contributed by atoms with Crippen LogP contribution in [0.5, 0.6) is 0 Å². The van der Waals surface area contributed by atoms with Crippen LogP contribution in [-0.4, -0.2) is 4.87 Å². The molecule has 0 saturated heterocycles. The number of halogens is 1. The van der Waals surface area contributed by atoms with Crippen LogP contribution in [-0.2, 0) is 6.42 Å². The van der Waals surface area contributed by atoms with Gasteiger partial charge in [-0.3, -0.25) is 0 Å². The highest BCUT2D eigenvalue weighted by Crippen LogP contribution is 2.54. The molecule has 0 aromatic heterocycles. The molecule has 0 heterocycles. The summed E-state index contributed by atoms with van der Waals surface area (Å²) >= 11 is 6.98. The van der Waals surface area contributed by atoms with Crippen molar-refractivity contribution >= 4 is 17.2 Å². The molecule has 2 rings (SSSR count). The molecule has 0 nitrogen and oxygen atoms in total. The molecule has 1 aliphatic rings. The lowest BCUT2D eigenvalue weighted by Gasteiger charge is -2.44.